The highest BCUT2D eigenvalue weighted by Crippen LogP contribution is 2.37. The second kappa shape index (κ2) is 6.15. The number of hydrogen-bond acceptors (Lipinski definition) is 3. The van der Waals surface area contributed by atoms with Crippen molar-refractivity contribution >= 4 is 16.9 Å². The normalized spacial score (nSPS) is 24.0. The molecule has 1 aliphatic carbocycles. The third-order valence-corrected chi connectivity index (χ3v) is 5.84. The van der Waals surface area contributed by atoms with Crippen molar-refractivity contribution in [1.82, 2.24) is 4.90 Å². The number of aryl methyl sites for hydroxylation is 1. The summed E-state index contributed by atoms with van der Waals surface area (Å²) in [4.78, 5) is 15.3. The van der Waals surface area contributed by atoms with Gasteiger partial charge in [-0.05, 0) is 56.7 Å². The SMILES string of the molecule is COc1ccc2oc(C(=O)N3CCC[C@H]4CCCC[C@H]43)c(C)c2c1. The molecule has 1 aliphatic heterocycles. The van der Waals surface area contributed by atoms with E-state index in [1.807, 2.05) is 25.1 Å². The number of furan rings is 1. The highest BCUT2D eigenvalue weighted by atomic mass is 16.5. The van der Waals surface area contributed by atoms with Gasteiger partial charge in [0, 0.05) is 23.5 Å². The zero-order chi connectivity index (χ0) is 16.7. The molecule has 24 heavy (non-hydrogen) atoms. The molecular weight excluding hydrogens is 302 g/mol. The van der Waals surface area contributed by atoms with Crippen LogP contribution in [0.1, 0.15) is 54.6 Å². The molecule has 128 valence electrons. The Morgan fingerprint density at radius 1 is 1.21 bits per heavy atom. The Morgan fingerprint density at radius 2 is 2.00 bits per heavy atom. The number of rotatable bonds is 2. The maximum absolute atomic E-state index is 13.2. The van der Waals surface area contributed by atoms with Gasteiger partial charge in [0.05, 0.1) is 7.11 Å². The first-order valence-electron chi connectivity index (χ1n) is 9.07. The van der Waals surface area contributed by atoms with E-state index in [2.05, 4.69) is 4.90 Å². The number of hydrogen-bond donors (Lipinski definition) is 0. The van der Waals surface area contributed by atoms with E-state index in [1.165, 1.54) is 25.7 Å². The minimum atomic E-state index is 0.0688. The van der Waals surface area contributed by atoms with Crippen LogP contribution in [-0.4, -0.2) is 30.5 Å². The molecule has 2 heterocycles. The molecule has 1 saturated heterocycles. The highest BCUT2D eigenvalue weighted by molar-refractivity contribution is 5.99. The first-order chi connectivity index (χ1) is 11.7. The Hall–Kier alpha value is -1.97. The number of fused-ring (bicyclic) bond motifs is 2. The monoisotopic (exact) mass is 327 g/mol. The van der Waals surface area contributed by atoms with Crippen molar-refractivity contribution in [2.45, 2.75) is 51.5 Å². The van der Waals surface area contributed by atoms with Crippen LogP contribution >= 0.6 is 0 Å². The van der Waals surface area contributed by atoms with Crippen LogP contribution in [0.4, 0.5) is 0 Å². The van der Waals surface area contributed by atoms with Gasteiger partial charge in [-0.15, -0.1) is 0 Å². The Morgan fingerprint density at radius 3 is 2.83 bits per heavy atom. The molecule has 0 unspecified atom stereocenters. The van der Waals surface area contributed by atoms with E-state index in [4.69, 9.17) is 9.15 Å². The fraction of sp³-hybridized carbons (Fsp3) is 0.550. The number of carbonyl (C=O) groups excluding carboxylic acids is 1. The molecule has 0 radical (unpaired) electrons. The predicted molar refractivity (Wildman–Crippen MR) is 93.5 cm³/mol. The number of piperidine rings is 1. The molecule has 4 nitrogen and oxygen atoms in total. The lowest BCUT2D eigenvalue weighted by molar-refractivity contribution is 0.0363. The molecule has 4 rings (SSSR count). The molecule has 1 amide bonds. The van der Waals surface area contributed by atoms with Crippen molar-refractivity contribution in [3.63, 3.8) is 0 Å². The van der Waals surface area contributed by atoms with Gasteiger partial charge in [0.2, 0.25) is 0 Å². The molecule has 1 saturated carbocycles. The third-order valence-electron chi connectivity index (χ3n) is 5.84. The lowest BCUT2D eigenvalue weighted by atomic mass is 9.78. The molecule has 1 aromatic carbocycles. The average molecular weight is 327 g/mol. The van der Waals surface area contributed by atoms with Crippen LogP contribution in [0.15, 0.2) is 22.6 Å². The van der Waals surface area contributed by atoms with Crippen LogP contribution in [0.3, 0.4) is 0 Å². The summed E-state index contributed by atoms with van der Waals surface area (Å²) in [7, 11) is 1.65. The van der Waals surface area contributed by atoms with Gasteiger partial charge in [-0.2, -0.15) is 0 Å². The summed E-state index contributed by atoms with van der Waals surface area (Å²) in [5.41, 5.74) is 1.68. The summed E-state index contributed by atoms with van der Waals surface area (Å²) >= 11 is 0. The zero-order valence-electron chi connectivity index (χ0n) is 14.5. The van der Waals surface area contributed by atoms with Crippen LogP contribution in [0.2, 0.25) is 0 Å². The van der Waals surface area contributed by atoms with E-state index in [0.29, 0.717) is 17.7 Å². The van der Waals surface area contributed by atoms with Crippen molar-refractivity contribution in [3.8, 4) is 5.75 Å². The maximum atomic E-state index is 13.2. The fourth-order valence-corrected chi connectivity index (χ4v) is 4.54. The minimum Gasteiger partial charge on any atom is -0.497 e. The molecule has 0 N–H and O–H groups in total. The Kier molecular flexibility index (Phi) is 3.99. The number of benzene rings is 1. The molecule has 0 bridgehead atoms. The van der Waals surface area contributed by atoms with E-state index in [9.17, 15) is 4.79 Å². The number of likely N-dealkylation sites (tertiary alicyclic amines) is 1. The number of nitrogens with zero attached hydrogens (tertiary/aromatic N) is 1. The van der Waals surface area contributed by atoms with E-state index in [0.717, 1.165) is 41.7 Å². The summed E-state index contributed by atoms with van der Waals surface area (Å²) in [5, 5.41) is 0.968. The molecule has 2 aromatic rings. The van der Waals surface area contributed by atoms with E-state index >= 15 is 0 Å². The summed E-state index contributed by atoms with van der Waals surface area (Å²) in [6, 6.07) is 6.11. The first-order valence-corrected chi connectivity index (χ1v) is 9.07. The van der Waals surface area contributed by atoms with Gasteiger partial charge in [0.15, 0.2) is 5.76 Å². The van der Waals surface area contributed by atoms with Gasteiger partial charge in [0.1, 0.15) is 11.3 Å². The van der Waals surface area contributed by atoms with Gasteiger partial charge in [0.25, 0.3) is 5.91 Å². The van der Waals surface area contributed by atoms with Crippen LogP contribution in [0, 0.1) is 12.8 Å². The largest absolute Gasteiger partial charge is 0.497 e. The Balaban J connectivity index is 1.68. The zero-order valence-corrected chi connectivity index (χ0v) is 14.5. The minimum absolute atomic E-state index is 0.0688. The Labute approximate surface area is 142 Å². The molecule has 2 atom stereocenters. The van der Waals surface area contributed by atoms with Crippen LogP contribution < -0.4 is 4.74 Å². The van der Waals surface area contributed by atoms with Gasteiger partial charge < -0.3 is 14.1 Å². The topological polar surface area (TPSA) is 42.7 Å². The molecule has 2 fully saturated rings. The lowest BCUT2D eigenvalue weighted by Crippen LogP contribution is -2.49. The molecule has 0 spiro atoms. The van der Waals surface area contributed by atoms with Crippen molar-refractivity contribution in [2.75, 3.05) is 13.7 Å². The van der Waals surface area contributed by atoms with Gasteiger partial charge in [-0.1, -0.05) is 12.8 Å². The quantitative estimate of drug-likeness (QED) is 0.813. The fourth-order valence-electron chi connectivity index (χ4n) is 4.54. The van der Waals surface area contributed by atoms with Crippen LogP contribution in [0.25, 0.3) is 11.0 Å². The van der Waals surface area contributed by atoms with Crippen molar-refractivity contribution in [3.05, 3.63) is 29.5 Å². The van der Waals surface area contributed by atoms with Crippen molar-refractivity contribution < 1.29 is 13.9 Å². The van der Waals surface area contributed by atoms with Crippen molar-refractivity contribution in [1.29, 1.82) is 0 Å². The summed E-state index contributed by atoms with van der Waals surface area (Å²) in [5.74, 6) is 2.04. The molecular formula is C20H25NO3. The van der Waals surface area contributed by atoms with E-state index < -0.39 is 0 Å². The second-order valence-electron chi connectivity index (χ2n) is 7.17. The van der Waals surface area contributed by atoms with Gasteiger partial charge in [-0.3, -0.25) is 4.79 Å². The highest BCUT2D eigenvalue weighted by Gasteiger charge is 2.37. The number of carbonyl (C=O) groups is 1. The number of methoxy groups -OCH3 is 1. The Bertz CT molecular complexity index is 762. The lowest BCUT2D eigenvalue weighted by Gasteiger charge is -2.43. The first kappa shape index (κ1) is 15.6. The summed E-state index contributed by atoms with van der Waals surface area (Å²) < 4.78 is 11.2. The van der Waals surface area contributed by atoms with Gasteiger partial charge >= 0.3 is 0 Å². The van der Waals surface area contributed by atoms with Crippen LogP contribution in [0.5, 0.6) is 5.75 Å². The second-order valence-corrected chi connectivity index (χ2v) is 7.17. The smallest absolute Gasteiger partial charge is 0.290 e. The predicted octanol–water partition coefficient (Wildman–Crippen LogP) is 4.54. The molecule has 2 aliphatic rings. The van der Waals surface area contributed by atoms with Crippen molar-refractivity contribution in [2.24, 2.45) is 5.92 Å². The summed E-state index contributed by atoms with van der Waals surface area (Å²) in [6.07, 6.45) is 7.34. The maximum Gasteiger partial charge on any atom is 0.290 e. The number of ether oxygens (including phenoxy) is 1. The third kappa shape index (κ3) is 2.48. The van der Waals surface area contributed by atoms with Crippen LogP contribution in [-0.2, 0) is 0 Å². The molecule has 1 aromatic heterocycles. The standard InChI is InChI=1S/C20H25NO3/c1-13-16-12-15(23-2)9-10-18(16)24-19(13)20(22)21-11-5-7-14-6-3-4-8-17(14)21/h9-10,12,14,17H,3-8,11H2,1-2H3/t14-,17-/m1/s1. The summed E-state index contributed by atoms with van der Waals surface area (Å²) in [6.45, 7) is 2.83. The van der Waals surface area contributed by atoms with E-state index in [1.54, 1.807) is 7.11 Å². The number of amides is 1. The average Bonchev–Trinajstić information content (AvgIpc) is 2.96. The van der Waals surface area contributed by atoms with Gasteiger partial charge in [-0.25, -0.2) is 0 Å². The van der Waals surface area contributed by atoms with E-state index in [-0.39, 0.29) is 5.91 Å². The molecule has 4 heteroatoms.